The van der Waals surface area contributed by atoms with Crippen LogP contribution >= 0.6 is 0 Å². The van der Waals surface area contributed by atoms with Gasteiger partial charge in [0.05, 0.1) is 24.5 Å². The number of carbonyl (C=O) groups is 3. The highest BCUT2D eigenvalue weighted by molar-refractivity contribution is 5.94. The zero-order valence-electron chi connectivity index (χ0n) is 23.3. The summed E-state index contributed by atoms with van der Waals surface area (Å²) in [6.07, 6.45) is 13.9. The molecule has 39 heavy (non-hydrogen) atoms. The Labute approximate surface area is 231 Å². The van der Waals surface area contributed by atoms with Gasteiger partial charge < -0.3 is 15.1 Å². The van der Waals surface area contributed by atoms with E-state index in [1.165, 1.54) is 31.2 Å². The van der Waals surface area contributed by atoms with Crippen LogP contribution in [0.3, 0.4) is 0 Å². The zero-order chi connectivity index (χ0) is 27.1. The highest BCUT2D eigenvalue weighted by Gasteiger charge is 2.37. The number of aromatic nitrogens is 2. The Kier molecular flexibility index (Phi) is 7.21. The van der Waals surface area contributed by atoms with Crippen LogP contribution in [-0.4, -0.2) is 56.3 Å². The first-order valence-corrected chi connectivity index (χ1v) is 14.9. The minimum absolute atomic E-state index is 0.00148. The smallest absolute Gasteiger partial charge is 0.330 e. The minimum atomic E-state index is 0.00148. The van der Waals surface area contributed by atoms with Gasteiger partial charge in [0.2, 0.25) is 5.91 Å². The molecule has 3 amide bonds. The van der Waals surface area contributed by atoms with Crippen molar-refractivity contribution in [1.82, 2.24) is 24.7 Å². The average molecular weight is 532 g/mol. The molecule has 2 fully saturated rings. The highest BCUT2D eigenvalue weighted by Crippen LogP contribution is 2.34. The van der Waals surface area contributed by atoms with Gasteiger partial charge in [-0.2, -0.15) is 0 Å². The molecule has 0 spiro atoms. The summed E-state index contributed by atoms with van der Waals surface area (Å²) in [5.41, 5.74) is 4.00. The zero-order valence-corrected chi connectivity index (χ0v) is 23.3. The molecule has 4 aliphatic rings. The second-order valence-corrected chi connectivity index (χ2v) is 12.2. The third kappa shape index (κ3) is 5.10. The summed E-state index contributed by atoms with van der Waals surface area (Å²) in [5.74, 6) is 1.64. The standard InChI is InChI=1S/C31H41N5O3/c1-20-32-18-26-19-35(31(39)36(20)26)25-13-11-24(12-14-25)34(2)30(38)23-9-8-22-10-15-28(27(22)17-23)33-29(37)16-7-21-5-3-4-6-21/h8-9,17-18,21,24-25,28H,3-7,10-16,19H2,1-2H3,(H,33,37). The van der Waals surface area contributed by atoms with Crippen molar-refractivity contribution in [3.05, 3.63) is 52.6 Å². The van der Waals surface area contributed by atoms with E-state index in [0.29, 0.717) is 24.4 Å². The van der Waals surface area contributed by atoms with Crippen LogP contribution in [-0.2, 0) is 17.8 Å². The van der Waals surface area contributed by atoms with Crippen LogP contribution < -0.4 is 5.32 Å². The van der Waals surface area contributed by atoms with Gasteiger partial charge in [0.1, 0.15) is 5.82 Å². The van der Waals surface area contributed by atoms with Gasteiger partial charge in [0.15, 0.2) is 0 Å². The first-order valence-electron chi connectivity index (χ1n) is 14.9. The van der Waals surface area contributed by atoms with Crippen molar-refractivity contribution in [3.63, 3.8) is 0 Å². The Morgan fingerprint density at radius 2 is 1.85 bits per heavy atom. The van der Waals surface area contributed by atoms with Crippen molar-refractivity contribution in [1.29, 1.82) is 0 Å². The lowest BCUT2D eigenvalue weighted by atomic mass is 9.89. The Balaban J connectivity index is 1.04. The van der Waals surface area contributed by atoms with E-state index in [-0.39, 0.29) is 36.0 Å². The van der Waals surface area contributed by atoms with Crippen molar-refractivity contribution in [2.24, 2.45) is 5.92 Å². The molecule has 1 unspecified atom stereocenters. The van der Waals surface area contributed by atoms with E-state index in [9.17, 15) is 14.4 Å². The number of benzene rings is 1. The lowest BCUT2D eigenvalue weighted by molar-refractivity contribution is -0.122. The van der Waals surface area contributed by atoms with E-state index < -0.39 is 0 Å². The quantitative estimate of drug-likeness (QED) is 0.536. The minimum Gasteiger partial charge on any atom is -0.349 e. The number of imidazole rings is 1. The van der Waals surface area contributed by atoms with E-state index in [0.717, 1.165) is 62.0 Å². The number of amides is 3. The maximum atomic E-state index is 13.5. The normalized spacial score (nSPS) is 24.6. The second kappa shape index (κ2) is 10.8. The van der Waals surface area contributed by atoms with E-state index in [4.69, 9.17) is 0 Å². The molecule has 6 rings (SSSR count). The van der Waals surface area contributed by atoms with E-state index >= 15 is 0 Å². The van der Waals surface area contributed by atoms with Crippen LogP contribution in [0.15, 0.2) is 24.4 Å². The van der Waals surface area contributed by atoms with Gasteiger partial charge in [-0.15, -0.1) is 0 Å². The van der Waals surface area contributed by atoms with Gasteiger partial charge in [0, 0.05) is 31.1 Å². The summed E-state index contributed by atoms with van der Waals surface area (Å²) in [6.45, 7) is 2.49. The molecule has 1 aliphatic heterocycles. The first kappa shape index (κ1) is 26.1. The van der Waals surface area contributed by atoms with E-state index in [1.54, 1.807) is 10.8 Å². The van der Waals surface area contributed by atoms with Crippen molar-refractivity contribution < 1.29 is 14.4 Å². The largest absolute Gasteiger partial charge is 0.349 e. The van der Waals surface area contributed by atoms with Crippen LogP contribution in [0.25, 0.3) is 0 Å². The monoisotopic (exact) mass is 531 g/mol. The number of hydrogen-bond acceptors (Lipinski definition) is 4. The predicted octanol–water partition coefficient (Wildman–Crippen LogP) is 5.13. The third-order valence-electron chi connectivity index (χ3n) is 9.82. The van der Waals surface area contributed by atoms with Gasteiger partial charge in [-0.25, -0.2) is 9.78 Å². The Bertz CT molecular complexity index is 1250. The number of aryl methyl sites for hydroxylation is 2. The molecule has 3 aliphatic carbocycles. The molecule has 2 aromatic rings. The summed E-state index contributed by atoms with van der Waals surface area (Å²) in [4.78, 5) is 47.3. The molecule has 1 aromatic heterocycles. The van der Waals surface area contributed by atoms with Crippen LogP contribution in [0.5, 0.6) is 0 Å². The first-order chi connectivity index (χ1) is 18.9. The number of fused-ring (bicyclic) bond motifs is 2. The second-order valence-electron chi connectivity index (χ2n) is 12.2. The lowest BCUT2D eigenvalue weighted by Crippen LogP contribution is -2.45. The van der Waals surface area contributed by atoms with Crippen molar-refractivity contribution >= 4 is 17.8 Å². The molecular weight excluding hydrogens is 490 g/mol. The Morgan fingerprint density at radius 3 is 2.59 bits per heavy atom. The molecule has 1 N–H and O–H groups in total. The maximum absolute atomic E-state index is 13.5. The SMILES string of the molecule is Cc1ncc2n1C(=O)N(C1CCC(N(C)C(=O)c3ccc4c(c3)C(NC(=O)CCC3CCCC3)CC4)CC1)C2. The Morgan fingerprint density at radius 1 is 1.08 bits per heavy atom. The molecule has 8 heteroatoms. The number of nitrogens with one attached hydrogen (secondary N) is 1. The molecule has 2 heterocycles. The number of nitrogens with zero attached hydrogens (tertiary/aromatic N) is 4. The maximum Gasteiger partial charge on any atom is 0.330 e. The van der Waals surface area contributed by atoms with Crippen LogP contribution in [0.4, 0.5) is 4.79 Å². The van der Waals surface area contributed by atoms with Gasteiger partial charge in [-0.3, -0.25) is 14.2 Å². The third-order valence-corrected chi connectivity index (χ3v) is 9.82. The summed E-state index contributed by atoms with van der Waals surface area (Å²) < 4.78 is 1.72. The fraction of sp³-hybridized carbons (Fsp3) is 0.613. The molecule has 0 radical (unpaired) electrons. The Hall–Kier alpha value is -3.16. The van der Waals surface area contributed by atoms with Gasteiger partial charge in [-0.1, -0.05) is 31.7 Å². The van der Waals surface area contributed by atoms with E-state index in [1.807, 2.05) is 35.9 Å². The molecule has 0 saturated heterocycles. The molecule has 208 valence electrons. The predicted molar refractivity (Wildman–Crippen MR) is 148 cm³/mol. The van der Waals surface area contributed by atoms with Gasteiger partial charge in [0.25, 0.3) is 5.91 Å². The van der Waals surface area contributed by atoms with Crippen LogP contribution in [0.1, 0.15) is 110 Å². The van der Waals surface area contributed by atoms with E-state index in [2.05, 4.69) is 16.4 Å². The van der Waals surface area contributed by atoms with Gasteiger partial charge >= 0.3 is 6.03 Å². The highest BCUT2D eigenvalue weighted by atomic mass is 16.2. The molecule has 0 bridgehead atoms. The number of hydrogen-bond donors (Lipinski definition) is 1. The van der Waals surface area contributed by atoms with Crippen molar-refractivity contribution in [2.45, 2.75) is 109 Å². The fourth-order valence-electron chi connectivity index (χ4n) is 7.43. The number of carbonyl (C=O) groups excluding carboxylic acids is 3. The summed E-state index contributed by atoms with van der Waals surface area (Å²) in [6, 6.07) is 6.43. The lowest BCUT2D eigenvalue weighted by Gasteiger charge is -2.38. The van der Waals surface area contributed by atoms with Crippen LogP contribution in [0.2, 0.25) is 0 Å². The van der Waals surface area contributed by atoms with Crippen molar-refractivity contribution in [2.75, 3.05) is 7.05 Å². The molecule has 1 atom stereocenters. The van der Waals surface area contributed by atoms with Crippen molar-refractivity contribution in [3.8, 4) is 0 Å². The summed E-state index contributed by atoms with van der Waals surface area (Å²) in [7, 11) is 1.91. The summed E-state index contributed by atoms with van der Waals surface area (Å²) >= 11 is 0. The van der Waals surface area contributed by atoms with Gasteiger partial charge in [-0.05, 0) is 81.0 Å². The fourth-order valence-corrected chi connectivity index (χ4v) is 7.43. The summed E-state index contributed by atoms with van der Waals surface area (Å²) in [5, 5.41) is 3.26. The van der Waals surface area contributed by atoms with Crippen LogP contribution in [0, 0.1) is 12.8 Å². The number of rotatable bonds is 7. The molecular formula is C31H41N5O3. The average Bonchev–Trinajstić information content (AvgIpc) is 3.74. The molecule has 2 saturated carbocycles. The topological polar surface area (TPSA) is 87.5 Å². The molecule has 1 aromatic carbocycles. The molecule has 8 nitrogen and oxygen atoms in total.